The number of alkyl carbamates (subject to hydrolysis) is 1. The molecule has 0 spiro atoms. The van der Waals surface area contributed by atoms with E-state index in [1.807, 2.05) is 0 Å². The number of carboxylic acid groups (broad SMARTS) is 1. The lowest BCUT2D eigenvalue weighted by Gasteiger charge is -2.16. The van der Waals surface area contributed by atoms with Crippen molar-refractivity contribution in [1.29, 1.82) is 0 Å². The maximum absolute atomic E-state index is 12.8. The molecule has 0 fully saturated rings. The highest BCUT2D eigenvalue weighted by Crippen LogP contribution is 2.18. The number of aliphatic carboxylic acids is 1. The molecule has 0 saturated carbocycles. The van der Waals surface area contributed by atoms with Gasteiger partial charge in [-0.1, -0.05) is 41.9 Å². The van der Waals surface area contributed by atoms with E-state index in [2.05, 4.69) is 20.8 Å². The van der Waals surface area contributed by atoms with Crippen molar-refractivity contribution in [1.82, 2.24) is 25.5 Å². The molecule has 2 N–H and O–H groups in total. The quantitative estimate of drug-likeness (QED) is 0.378. The van der Waals surface area contributed by atoms with E-state index in [1.54, 1.807) is 30.3 Å². The number of ether oxygens (including phenoxy) is 1. The Balaban J connectivity index is 1.67. The van der Waals surface area contributed by atoms with Gasteiger partial charge in [0.15, 0.2) is 21.4 Å². The molecule has 2 aromatic carbocycles. The van der Waals surface area contributed by atoms with Crippen LogP contribution in [0.25, 0.3) is 0 Å². The predicted molar refractivity (Wildman–Crippen MR) is 121 cm³/mol. The molecule has 0 saturated heterocycles. The number of nitrogens with zero attached hydrogens (tertiary/aromatic N) is 4. The number of sulfone groups is 1. The minimum Gasteiger partial charge on any atom is -0.481 e. The summed E-state index contributed by atoms with van der Waals surface area (Å²) in [6.07, 6.45) is -1.71. The normalized spacial score (nSPS) is 12.0. The number of rotatable bonds is 11. The number of aromatic nitrogens is 4. The molecule has 35 heavy (non-hydrogen) atoms. The average Bonchev–Trinajstić information content (AvgIpc) is 3.23. The SMILES string of the molecule is O=C(O)CC(NC(=O)OCc1ccccc1)C(=O)Cn1nnnc1CS(=O)(=O)c1ccc(Cl)cc1. The van der Waals surface area contributed by atoms with E-state index < -0.39 is 52.4 Å². The first-order chi connectivity index (χ1) is 16.6. The van der Waals surface area contributed by atoms with Crippen LogP contribution in [0.15, 0.2) is 59.5 Å². The van der Waals surface area contributed by atoms with Crippen molar-refractivity contribution in [3.05, 3.63) is 71.0 Å². The largest absolute Gasteiger partial charge is 0.481 e. The third kappa shape index (κ3) is 7.58. The minimum atomic E-state index is -3.87. The summed E-state index contributed by atoms with van der Waals surface area (Å²) >= 11 is 5.79. The summed E-state index contributed by atoms with van der Waals surface area (Å²) in [7, 11) is -3.87. The maximum Gasteiger partial charge on any atom is 0.408 e. The third-order valence-corrected chi connectivity index (χ3v) is 6.56. The highest BCUT2D eigenvalue weighted by Gasteiger charge is 2.27. The zero-order chi connectivity index (χ0) is 25.4. The van der Waals surface area contributed by atoms with Crippen molar-refractivity contribution >= 4 is 39.3 Å². The molecule has 1 amide bonds. The smallest absolute Gasteiger partial charge is 0.408 e. The number of Topliss-reactive ketones (excluding diaryl/α,β-unsaturated/α-hetero) is 1. The summed E-state index contributed by atoms with van der Waals surface area (Å²) in [5, 5.41) is 22.4. The second kappa shape index (κ2) is 11.5. The number of carbonyl (C=O) groups excluding carboxylic acids is 2. The third-order valence-electron chi connectivity index (χ3n) is 4.68. The lowest BCUT2D eigenvalue weighted by molar-refractivity contribution is -0.139. The molecule has 0 radical (unpaired) electrons. The monoisotopic (exact) mass is 521 g/mol. The first-order valence-electron chi connectivity index (χ1n) is 10.1. The van der Waals surface area contributed by atoms with E-state index in [-0.39, 0.29) is 17.3 Å². The van der Waals surface area contributed by atoms with Crippen molar-refractivity contribution in [2.45, 2.75) is 36.3 Å². The molecule has 184 valence electrons. The summed E-state index contributed by atoms with van der Waals surface area (Å²) in [5.74, 6) is -2.87. The van der Waals surface area contributed by atoms with Gasteiger partial charge in [0, 0.05) is 5.02 Å². The van der Waals surface area contributed by atoms with Crippen molar-refractivity contribution in [2.75, 3.05) is 0 Å². The van der Waals surface area contributed by atoms with Crippen LogP contribution in [0.2, 0.25) is 5.02 Å². The first kappa shape index (κ1) is 25.8. The van der Waals surface area contributed by atoms with Gasteiger partial charge in [-0.05, 0) is 40.3 Å². The summed E-state index contributed by atoms with van der Waals surface area (Å²) in [5.41, 5.74) is 0.698. The Labute approximate surface area is 204 Å². The second-order valence-electron chi connectivity index (χ2n) is 7.29. The van der Waals surface area contributed by atoms with Crippen LogP contribution in [0.5, 0.6) is 0 Å². The Morgan fingerprint density at radius 3 is 2.43 bits per heavy atom. The topological polar surface area (TPSA) is 170 Å². The molecule has 3 rings (SSSR count). The van der Waals surface area contributed by atoms with Crippen LogP contribution >= 0.6 is 11.6 Å². The molecule has 0 aliphatic rings. The Bertz CT molecular complexity index is 1300. The van der Waals surface area contributed by atoms with E-state index in [0.717, 1.165) is 4.68 Å². The number of halogens is 1. The minimum absolute atomic E-state index is 0.0191. The Hall–Kier alpha value is -3.84. The number of nitrogens with one attached hydrogen (secondary N) is 1. The van der Waals surface area contributed by atoms with Crippen LogP contribution in [-0.4, -0.2) is 57.6 Å². The van der Waals surface area contributed by atoms with E-state index in [0.29, 0.717) is 10.6 Å². The van der Waals surface area contributed by atoms with Gasteiger partial charge in [-0.3, -0.25) is 9.59 Å². The summed E-state index contributed by atoms with van der Waals surface area (Å²) in [4.78, 5) is 36.1. The molecule has 1 unspecified atom stereocenters. The van der Waals surface area contributed by atoms with Gasteiger partial charge < -0.3 is 15.2 Å². The molecule has 3 aromatic rings. The second-order valence-corrected chi connectivity index (χ2v) is 9.71. The van der Waals surface area contributed by atoms with Gasteiger partial charge in [0.1, 0.15) is 24.9 Å². The molecule has 0 aliphatic carbocycles. The highest BCUT2D eigenvalue weighted by molar-refractivity contribution is 7.90. The van der Waals surface area contributed by atoms with Crippen LogP contribution in [0.1, 0.15) is 17.8 Å². The van der Waals surface area contributed by atoms with Crippen molar-refractivity contribution in [3.63, 3.8) is 0 Å². The van der Waals surface area contributed by atoms with E-state index in [4.69, 9.17) is 21.4 Å². The van der Waals surface area contributed by atoms with E-state index >= 15 is 0 Å². The molecule has 1 heterocycles. The van der Waals surface area contributed by atoms with Gasteiger partial charge in [-0.2, -0.15) is 0 Å². The highest BCUT2D eigenvalue weighted by atomic mass is 35.5. The molecule has 0 aliphatic heterocycles. The van der Waals surface area contributed by atoms with Gasteiger partial charge in [0.05, 0.1) is 11.3 Å². The number of amides is 1. The molecular formula is C21H20ClN5O7S. The Kier molecular flexibility index (Phi) is 8.49. The number of benzene rings is 2. The summed E-state index contributed by atoms with van der Waals surface area (Å²) in [6.45, 7) is -0.657. The lowest BCUT2D eigenvalue weighted by Crippen LogP contribution is -2.44. The van der Waals surface area contributed by atoms with Crippen LogP contribution in [0.3, 0.4) is 0 Å². The van der Waals surface area contributed by atoms with Gasteiger partial charge in [-0.15, -0.1) is 5.10 Å². The fourth-order valence-electron chi connectivity index (χ4n) is 2.93. The van der Waals surface area contributed by atoms with Gasteiger partial charge in [0.2, 0.25) is 0 Å². The van der Waals surface area contributed by atoms with E-state index in [1.165, 1.54) is 24.3 Å². The average molecular weight is 522 g/mol. The van der Waals surface area contributed by atoms with Crippen LogP contribution in [0.4, 0.5) is 4.79 Å². The molecule has 1 aromatic heterocycles. The van der Waals surface area contributed by atoms with Gasteiger partial charge in [0.25, 0.3) is 0 Å². The summed E-state index contributed by atoms with van der Waals surface area (Å²) in [6, 6.07) is 12.8. The van der Waals surface area contributed by atoms with Crippen LogP contribution in [-0.2, 0) is 43.1 Å². The number of ketones is 1. The fourth-order valence-corrected chi connectivity index (χ4v) is 4.32. The van der Waals surface area contributed by atoms with Crippen molar-refractivity contribution in [3.8, 4) is 0 Å². The first-order valence-corrected chi connectivity index (χ1v) is 12.1. The molecular weight excluding hydrogens is 502 g/mol. The van der Waals surface area contributed by atoms with Gasteiger partial charge in [-0.25, -0.2) is 17.9 Å². The number of carbonyl (C=O) groups is 3. The lowest BCUT2D eigenvalue weighted by atomic mass is 10.1. The van der Waals surface area contributed by atoms with Crippen LogP contribution in [0, 0.1) is 0 Å². The van der Waals surface area contributed by atoms with E-state index in [9.17, 15) is 22.8 Å². The number of carboxylic acids is 1. The molecule has 14 heteroatoms. The Morgan fingerprint density at radius 1 is 1.09 bits per heavy atom. The van der Waals surface area contributed by atoms with Crippen molar-refractivity contribution < 1.29 is 32.6 Å². The zero-order valence-electron chi connectivity index (χ0n) is 18.1. The molecule has 0 bridgehead atoms. The van der Waals surface area contributed by atoms with Crippen LogP contribution < -0.4 is 5.32 Å². The molecule has 12 nitrogen and oxygen atoms in total. The zero-order valence-corrected chi connectivity index (χ0v) is 19.6. The standard InChI is InChI=1S/C21H20ClN5O7S/c22-15-6-8-16(9-7-15)35(32,33)13-19-24-25-26-27(19)11-18(28)17(10-20(29)30)23-21(31)34-12-14-4-2-1-3-5-14/h1-9,17H,10-13H2,(H,23,31)(H,29,30). The Morgan fingerprint density at radius 2 is 1.77 bits per heavy atom. The maximum atomic E-state index is 12.8. The molecule has 1 atom stereocenters. The summed E-state index contributed by atoms with van der Waals surface area (Å²) < 4.78 is 31.3. The predicted octanol–water partition coefficient (Wildman–Crippen LogP) is 1.64. The van der Waals surface area contributed by atoms with Crippen molar-refractivity contribution in [2.24, 2.45) is 0 Å². The number of hydrogen-bond acceptors (Lipinski definition) is 9. The van der Waals surface area contributed by atoms with Gasteiger partial charge >= 0.3 is 12.1 Å². The fraction of sp³-hybridized carbons (Fsp3) is 0.238. The number of hydrogen-bond donors (Lipinski definition) is 2. The number of tetrazole rings is 1.